The van der Waals surface area contributed by atoms with Crippen molar-refractivity contribution in [3.8, 4) is 0 Å². The average Bonchev–Trinajstić information content (AvgIpc) is 2.98. The number of fused-ring (bicyclic) bond motifs is 1. The number of aryl methyl sites for hydroxylation is 2. The third-order valence-electron chi connectivity index (χ3n) is 4.56. The van der Waals surface area contributed by atoms with Crippen LogP contribution in [0.5, 0.6) is 0 Å². The molecule has 1 aliphatic rings. The molecule has 1 aromatic heterocycles. The highest BCUT2D eigenvalue weighted by Gasteiger charge is 2.16. The monoisotopic (exact) mass is 410 g/mol. The molecule has 2 N–H and O–H groups in total. The minimum Gasteiger partial charge on any atom is -0.356 e. The largest absolute Gasteiger partial charge is 0.356 e. The summed E-state index contributed by atoms with van der Waals surface area (Å²) < 4.78 is 3.37. The van der Waals surface area contributed by atoms with Gasteiger partial charge in [-0.1, -0.05) is 29.3 Å². The van der Waals surface area contributed by atoms with Gasteiger partial charge in [0.15, 0.2) is 5.96 Å². The van der Waals surface area contributed by atoms with Crippen molar-refractivity contribution in [2.75, 3.05) is 13.6 Å². The molecular formula is C18H24Cl2N6O. The van der Waals surface area contributed by atoms with Gasteiger partial charge in [-0.2, -0.15) is 5.10 Å². The van der Waals surface area contributed by atoms with Crippen molar-refractivity contribution in [3.63, 3.8) is 0 Å². The highest BCUT2D eigenvalue weighted by Crippen LogP contribution is 2.20. The van der Waals surface area contributed by atoms with Gasteiger partial charge in [-0.25, -0.2) is 9.48 Å². The summed E-state index contributed by atoms with van der Waals surface area (Å²) in [5, 5.41) is 12.1. The Morgan fingerprint density at radius 3 is 2.89 bits per heavy atom. The van der Waals surface area contributed by atoms with E-state index in [1.807, 2.05) is 12.1 Å². The van der Waals surface area contributed by atoms with Crippen molar-refractivity contribution in [2.24, 2.45) is 4.99 Å². The molecule has 0 radical (unpaired) electrons. The van der Waals surface area contributed by atoms with Crippen LogP contribution in [0.3, 0.4) is 0 Å². The van der Waals surface area contributed by atoms with E-state index in [4.69, 9.17) is 23.2 Å². The molecule has 7 nitrogen and oxygen atoms in total. The van der Waals surface area contributed by atoms with E-state index in [1.165, 1.54) is 0 Å². The van der Waals surface area contributed by atoms with Gasteiger partial charge in [0.1, 0.15) is 5.82 Å². The van der Waals surface area contributed by atoms with Gasteiger partial charge in [0.2, 0.25) is 0 Å². The molecule has 2 heterocycles. The number of aromatic nitrogens is 3. The Morgan fingerprint density at radius 2 is 2.15 bits per heavy atom. The maximum absolute atomic E-state index is 12.3. The summed E-state index contributed by atoms with van der Waals surface area (Å²) in [6, 6.07) is 5.42. The number of rotatable bonds is 6. The first-order chi connectivity index (χ1) is 13.1. The van der Waals surface area contributed by atoms with Crippen LogP contribution in [0.4, 0.5) is 0 Å². The summed E-state index contributed by atoms with van der Waals surface area (Å²) in [6.07, 6.45) is 3.83. The van der Waals surface area contributed by atoms with Crippen LogP contribution in [-0.2, 0) is 26.1 Å². The molecule has 0 aliphatic carbocycles. The molecule has 0 saturated heterocycles. The molecule has 27 heavy (non-hydrogen) atoms. The van der Waals surface area contributed by atoms with Gasteiger partial charge >= 0.3 is 5.69 Å². The smallest absolute Gasteiger partial charge is 0.345 e. The van der Waals surface area contributed by atoms with Crippen molar-refractivity contribution < 1.29 is 0 Å². The van der Waals surface area contributed by atoms with Crippen molar-refractivity contribution >= 4 is 29.2 Å². The molecule has 1 aromatic carbocycles. The Morgan fingerprint density at radius 1 is 1.30 bits per heavy atom. The average molecular weight is 411 g/mol. The summed E-state index contributed by atoms with van der Waals surface area (Å²) in [5.41, 5.74) is 0.948. The third kappa shape index (κ3) is 5.05. The first-order valence-electron chi connectivity index (χ1n) is 9.13. The van der Waals surface area contributed by atoms with Gasteiger partial charge in [-0.05, 0) is 37.0 Å². The number of hydrogen-bond donors (Lipinski definition) is 2. The van der Waals surface area contributed by atoms with Crippen LogP contribution in [0.2, 0.25) is 10.0 Å². The predicted molar refractivity (Wildman–Crippen MR) is 109 cm³/mol. The molecule has 9 heteroatoms. The zero-order valence-corrected chi connectivity index (χ0v) is 16.9. The van der Waals surface area contributed by atoms with Gasteiger partial charge in [0.25, 0.3) is 0 Å². The second kappa shape index (κ2) is 9.28. The number of hydrogen-bond acceptors (Lipinski definition) is 3. The maximum Gasteiger partial charge on any atom is 0.345 e. The van der Waals surface area contributed by atoms with Gasteiger partial charge in [-0.3, -0.25) is 9.56 Å². The normalized spacial score (nSPS) is 14.1. The third-order valence-corrected chi connectivity index (χ3v) is 5.14. The van der Waals surface area contributed by atoms with E-state index >= 15 is 0 Å². The fourth-order valence-electron chi connectivity index (χ4n) is 3.09. The van der Waals surface area contributed by atoms with Crippen molar-refractivity contribution in [1.82, 2.24) is 25.0 Å². The first-order valence-corrected chi connectivity index (χ1v) is 9.89. The van der Waals surface area contributed by atoms with Crippen LogP contribution in [0.15, 0.2) is 28.0 Å². The highest BCUT2D eigenvalue weighted by molar-refractivity contribution is 6.35. The minimum absolute atomic E-state index is 0.00425. The summed E-state index contributed by atoms with van der Waals surface area (Å²) >= 11 is 12.1. The van der Waals surface area contributed by atoms with E-state index in [9.17, 15) is 4.79 Å². The lowest BCUT2D eigenvalue weighted by Crippen LogP contribution is -2.38. The van der Waals surface area contributed by atoms with E-state index in [0.29, 0.717) is 35.6 Å². The summed E-state index contributed by atoms with van der Waals surface area (Å²) in [6.45, 7) is 2.60. The van der Waals surface area contributed by atoms with Crippen LogP contribution < -0.4 is 16.3 Å². The molecule has 0 spiro atoms. The molecule has 0 unspecified atom stereocenters. The standard InChI is InChI=1S/C18H24Cl2N6O/c1-21-17(23-12-13-6-7-14(19)11-15(13)20)22-8-4-10-26-18(27)25-9-3-2-5-16(25)24-26/h6-7,11H,2-5,8-10,12H2,1H3,(H2,21,22,23). The predicted octanol–water partition coefficient (Wildman–Crippen LogP) is 2.44. The molecule has 0 atom stereocenters. The van der Waals surface area contributed by atoms with Crippen LogP contribution >= 0.6 is 23.2 Å². The van der Waals surface area contributed by atoms with E-state index in [1.54, 1.807) is 22.4 Å². The lowest BCUT2D eigenvalue weighted by Gasteiger charge is -2.12. The van der Waals surface area contributed by atoms with Crippen LogP contribution in [-0.4, -0.2) is 33.9 Å². The summed E-state index contributed by atoms with van der Waals surface area (Å²) in [4.78, 5) is 16.5. The molecule has 0 amide bonds. The van der Waals surface area contributed by atoms with E-state index in [0.717, 1.165) is 43.6 Å². The SMILES string of the molecule is CN=C(NCCCn1nc2n(c1=O)CCCC2)NCc1ccc(Cl)cc1Cl. The van der Waals surface area contributed by atoms with Crippen molar-refractivity contribution in [2.45, 2.75) is 45.3 Å². The first kappa shape index (κ1) is 19.8. The number of halogens is 2. The number of aliphatic imine (C=N–C) groups is 1. The number of guanidine groups is 1. The van der Waals surface area contributed by atoms with Gasteiger partial charge in [-0.15, -0.1) is 0 Å². The van der Waals surface area contributed by atoms with E-state index < -0.39 is 0 Å². The minimum atomic E-state index is 0.00425. The Bertz CT molecular complexity index is 873. The topological polar surface area (TPSA) is 76.2 Å². The lowest BCUT2D eigenvalue weighted by molar-refractivity contribution is 0.509. The number of benzene rings is 1. The molecule has 2 aromatic rings. The zero-order chi connectivity index (χ0) is 19.2. The van der Waals surface area contributed by atoms with E-state index in [-0.39, 0.29) is 5.69 Å². The molecule has 0 saturated carbocycles. The highest BCUT2D eigenvalue weighted by atomic mass is 35.5. The van der Waals surface area contributed by atoms with Gasteiger partial charge < -0.3 is 10.6 Å². The molecular weight excluding hydrogens is 387 g/mol. The second-order valence-electron chi connectivity index (χ2n) is 6.47. The fourth-order valence-corrected chi connectivity index (χ4v) is 3.57. The fraction of sp³-hybridized carbons (Fsp3) is 0.500. The molecule has 0 bridgehead atoms. The lowest BCUT2D eigenvalue weighted by atomic mass is 10.2. The van der Waals surface area contributed by atoms with Crippen LogP contribution in [0.1, 0.15) is 30.7 Å². The Labute approximate surface area is 168 Å². The molecule has 0 fully saturated rings. The van der Waals surface area contributed by atoms with Crippen LogP contribution in [0, 0.1) is 0 Å². The maximum atomic E-state index is 12.3. The molecule has 3 rings (SSSR count). The van der Waals surface area contributed by atoms with Gasteiger partial charge in [0.05, 0.1) is 0 Å². The van der Waals surface area contributed by atoms with Crippen molar-refractivity contribution in [3.05, 3.63) is 50.1 Å². The second-order valence-corrected chi connectivity index (χ2v) is 7.32. The number of nitrogens with zero attached hydrogens (tertiary/aromatic N) is 4. The zero-order valence-electron chi connectivity index (χ0n) is 15.3. The summed E-state index contributed by atoms with van der Waals surface area (Å²) in [5.74, 6) is 1.59. The Hall–Kier alpha value is -1.99. The van der Waals surface area contributed by atoms with Crippen molar-refractivity contribution in [1.29, 1.82) is 0 Å². The molecule has 146 valence electrons. The van der Waals surface area contributed by atoms with Crippen LogP contribution in [0.25, 0.3) is 0 Å². The van der Waals surface area contributed by atoms with E-state index in [2.05, 4.69) is 20.7 Å². The molecule has 1 aliphatic heterocycles. The van der Waals surface area contributed by atoms with Gasteiger partial charge in [0, 0.05) is 49.7 Å². The number of nitrogens with one attached hydrogen (secondary N) is 2. The Kier molecular flexibility index (Phi) is 6.79. The quantitative estimate of drug-likeness (QED) is 0.435. The summed E-state index contributed by atoms with van der Waals surface area (Å²) in [7, 11) is 1.72. The Balaban J connectivity index is 1.45.